The Hall–Kier alpha value is -2.41. The first-order valence-corrected chi connectivity index (χ1v) is 7.23. The summed E-state index contributed by atoms with van der Waals surface area (Å²) < 4.78 is 5.56. The molecule has 2 amide bonds. The summed E-state index contributed by atoms with van der Waals surface area (Å²) >= 11 is 1.35. The molecule has 3 rings (SSSR count). The van der Waals surface area contributed by atoms with Crippen LogP contribution < -0.4 is 15.0 Å². The number of anilines is 2. The van der Waals surface area contributed by atoms with Gasteiger partial charge in [-0.05, 0) is 25.1 Å². The molecule has 7 heteroatoms. The lowest BCUT2D eigenvalue weighted by Gasteiger charge is -2.30. The molecule has 0 radical (unpaired) electrons. The van der Waals surface area contributed by atoms with Crippen molar-refractivity contribution in [2.75, 3.05) is 17.3 Å². The maximum absolute atomic E-state index is 12.1. The van der Waals surface area contributed by atoms with E-state index in [2.05, 4.69) is 10.3 Å². The molecule has 2 aromatic rings. The fraction of sp³-hybridized carbons (Fsp3) is 0.214. The zero-order valence-electron chi connectivity index (χ0n) is 11.5. The molecule has 0 fully saturated rings. The smallest absolute Gasteiger partial charge is 0.267 e. The molecule has 1 aromatic heterocycles. The quantitative estimate of drug-likeness (QED) is 0.922. The number of hydrogen-bond acceptors (Lipinski definition) is 5. The normalized spacial score (nSPS) is 17.1. The van der Waals surface area contributed by atoms with Gasteiger partial charge in [-0.1, -0.05) is 0 Å². The largest absolute Gasteiger partial charge is 0.479 e. The van der Waals surface area contributed by atoms with Crippen molar-refractivity contribution in [1.82, 2.24) is 4.98 Å². The highest BCUT2D eigenvalue weighted by Gasteiger charge is 2.29. The predicted molar refractivity (Wildman–Crippen MR) is 80.0 cm³/mol. The summed E-state index contributed by atoms with van der Waals surface area (Å²) in [5.41, 5.74) is 1.11. The van der Waals surface area contributed by atoms with Gasteiger partial charge >= 0.3 is 0 Å². The van der Waals surface area contributed by atoms with E-state index in [0.29, 0.717) is 22.1 Å². The Morgan fingerprint density at radius 2 is 2.29 bits per heavy atom. The highest BCUT2D eigenvalue weighted by molar-refractivity contribution is 7.13. The van der Waals surface area contributed by atoms with E-state index in [1.54, 1.807) is 43.7 Å². The number of fused-ring (bicyclic) bond motifs is 1. The van der Waals surface area contributed by atoms with Gasteiger partial charge in [0, 0.05) is 24.2 Å². The number of ether oxygens (including phenoxy) is 1. The third-order valence-corrected chi connectivity index (χ3v) is 3.91. The van der Waals surface area contributed by atoms with Gasteiger partial charge in [-0.3, -0.25) is 14.9 Å². The van der Waals surface area contributed by atoms with E-state index in [4.69, 9.17) is 4.74 Å². The van der Waals surface area contributed by atoms with Crippen molar-refractivity contribution in [2.24, 2.45) is 0 Å². The molecule has 0 saturated carbocycles. The third kappa shape index (κ3) is 2.47. The van der Waals surface area contributed by atoms with E-state index in [-0.39, 0.29) is 11.8 Å². The Bertz CT molecular complexity index is 699. The van der Waals surface area contributed by atoms with Crippen LogP contribution in [0, 0.1) is 0 Å². The summed E-state index contributed by atoms with van der Waals surface area (Å²) in [6, 6.07) is 5.00. The maximum Gasteiger partial charge on any atom is 0.267 e. The Morgan fingerprint density at radius 1 is 1.48 bits per heavy atom. The molecule has 0 saturated heterocycles. The number of hydrogen-bond donors (Lipinski definition) is 1. The van der Waals surface area contributed by atoms with Crippen LogP contribution >= 0.6 is 11.3 Å². The topological polar surface area (TPSA) is 71.5 Å². The molecule has 1 aliphatic rings. The average Bonchev–Trinajstić information content (AvgIpc) is 2.97. The lowest BCUT2D eigenvalue weighted by molar-refractivity contribution is -0.125. The Labute approximate surface area is 125 Å². The van der Waals surface area contributed by atoms with Crippen LogP contribution in [0.2, 0.25) is 0 Å². The zero-order valence-corrected chi connectivity index (χ0v) is 12.3. The van der Waals surface area contributed by atoms with Crippen LogP contribution in [0.5, 0.6) is 5.75 Å². The fourth-order valence-corrected chi connectivity index (χ4v) is 2.64. The number of thiazole rings is 1. The van der Waals surface area contributed by atoms with Gasteiger partial charge in [-0.2, -0.15) is 0 Å². The average molecular weight is 303 g/mol. The van der Waals surface area contributed by atoms with Gasteiger partial charge in [0.2, 0.25) is 0 Å². The van der Waals surface area contributed by atoms with Crippen LogP contribution in [-0.4, -0.2) is 29.9 Å². The monoisotopic (exact) mass is 303 g/mol. The standard InChI is InChI=1S/C14H13N3O3S/c1-8-13(19)17(2)10-4-3-9(7-11(10)20-8)12(18)16-14-15-5-6-21-14/h3-8H,1-2H3,(H,15,16,18). The molecule has 1 unspecified atom stereocenters. The molecule has 108 valence electrons. The van der Waals surface area contributed by atoms with Gasteiger partial charge in [0.05, 0.1) is 5.69 Å². The Morgan fingerprint density at radius 3 is 3.00 bits per heavy atom. The summed E-state index contributed by atoms with van der Waals surface area (Å²) in [5, 5.41) is 5.04. The number of benzene rings is 1. The van der Waals surface area contributed by atoms with Crippen LogP contribution in [0.4, 0.5) is 10.8 Å². The second-order valence-electron chi connectivity index (χ2n) is 4.63. The second kappa shape index (κ2) is 5.17. The van der Waals surface area contributed by atoms with Gasteiger partial charge in [0.25, 0.3) is 11.8 Å². The second-order valence-corrected chi connectivity index (χ2v) is 5.53. The number of rotatable bonds is 2. The van der Waals surface area contributed by atoms with E-state index in [1.165, 1.54) is 16.2 Å². The van der Waals surface area contributed by atoms with Gasteiger partial charge in [-0.25, -0.2) is 4.98 Å². The summed E-state index contributed by atoms with van der Waals surface area (Å²) in [6.45, 7) is 1.68. The predicted octanol–water partition coefficient (Wildman–Crippen LogP) is 2.14. The van der Waals surface area contributed by atoms with Crippen molar-refractivity contribution in [1.29, 1.82) is 0 Å². The molecule has 2 heterocycles. The minimum Gasteiger partial charge on any atom is -0.479 e. The SMILES string of the molecule is CC1Oc2cc(C(=O)Nc3nccs3)ccc2N(C)C1=O. The van der Waals surface area contributed by atoms with Crippen molar-refractivity contribution >= 4 is 34.0 Å². The van der Waals surface area contributed by atoms with E-state index < -0.39 is 6.10 Å². The molecule has 0 bridgehead atoms. The molecule has 1 aromatic carbocycles. The zero-order chi connectivity index (χ0) is 15.0. The Balaban J connectivity index is 1.88. The minimum atomic E-state index is -0.556. The van der Waals surface area contributed by atoms with Crippen molar-refractivity contribution in [2.45, 2.75) is 13.0 Å². The van der Waals surface area contributed by atoms with Crippen LogP contribution in [0.25, 0.3) is 0 Å². The van der Waals surface area contributed by atoms with Crippen molar-refractivity contribution in [3.8, 4) is 5.75 Å². The van der Waals surface area contributed by atoms with Crippen molar-refractivity contribution in [3.63, 3.8) is 0 Å². The first-order valence-electron chi connectivity index (χ1n) is 6.35. The number of likely N-dealkylation sites (N-methyl/N-ethyl adjacent to an activating group) is 1. The lowest BCUT2D eigenvalue weighted by atomic mass is 10.1. The first kappa shape index (κ1) is 13.6. The molecule has 0 aliphatic carbocycles. The molecule has 21 heavy (non-hydrogen) atoms. The number of nitrogens with zero attached hydrogens (tertiary/aromatic N) is 2. The van der Waals surface area contributed by atoms with E-state index in [0.717, 1.165) is 0 Å². The molecular weight excluding hydrogens is 290 g/mol. The highest BCUT2D eigenvalue weighted by atomic mass is 32.1. The van der Waals surface area contributed by atoms with Gasteiger partial charge < -0.3 is 9.64 Å². The molecule has 6 nitrogen and oxygen atoms in total. The van der Waals surface area contributed by atoms with E-state index in [1.807, 2.05) is 0 Å². The van der Waals surface area contributed by atoms with Crippen molar-refractivity contribution < 1.29 is 14.3 Å². The van der Waals surface area contributed by atoms with Crippen molar-refractivity contribution in [3.05, 3.63) is 35.3 Å². The highest BCUT2D eigenvalue weighted by Crippen LogP contribution is 2.34. The summed E-state index contributed by atoms with van der Waals surface area (Å²) in [5.74, 6) is 0.155. The number of carbonyl (C=O) groups excluding carboxylic acids is 2. The van der Waals surface area contributed by atoms with Gasteiger partial charge in [0.15, 0.2) is 11.2 Å². The fourth-order valence-electron chi connectivity index (χ4n) is 2.11. The number of carbonyl (C=O) groups is 2. The molecule has 1 N–H and O–H groups in total. The van der Waals surface area contributed by atoms with Crippen LogP contribution in [0.1, 0.15) is 17.3 Å². The van der Waals surface area contributed by atoms with Crippen LogP contribution in [0.15, 0.2) is 29.8 Å². The summed E-state index contributed by atoms with van der Waals surface area (Å²) in [7, 11) is 1.69. The summed E-state index contributed by atoms with van der Waals surface area (Å²) in [6.07, 6.45) is 1.07. The maximum atomic E-state index is 12.1. The van der Waals surface area contributed by atoms with Gasteiger partial charge in [0.1, 0.15) is 5.75 Å². The third-order valence-electron chi connectivity index (χ3n) is 3.22. The Kier molecular flexibility index (Phi) is 3.34. The number of aromatic nitrogens is 1. The van der Waals surface area contributed by atoms with E-state index >= 15 is 0 Å². The van der Waals surface area contributed by atoms with Crippen LogP contribution in [-0.2, 0) is 4.79 Å². The van der Waals surface area contributed by atoms with Gasteiger partial charge in [-0.15, -0.1) is 11.3 Å². The summed E-state index contributed by atoms with van der Waals surface area (Å²) in [4.78, 5) is 29.5. The lowest BCUT2D eigenvalue weighted by Crippen LogP contribution is -2.42. The number of amides is 2. The molecular formula is C14H13N3O3S. The number of nitrogens with one attached hydrogen (secondary N) is 1. The molecule has 0 spiro atoms. The minimum absolute atomic E-state index is 0.109. The van der Waals surface area contributed by atoms with Crippen LogP contribution in [0.3, 0.4) is 0 Å². The first-order chi connectivity index (χ1) is 10.1. The molecule has 1 atom stereocenters. The van der Waals surface area contributed by atoms with E-state index in [9.17, 15) is 9.59 Å². The molecule has 1 aliphatic heterocycles.